The lowest BCUT2D eigenvalue weighted by Crippen LogP contribution is -2.05. The molecule has 1 aromatic heterocycles. The molecule has 0 spiro atoms. The zero-order valence-electron chi connectivity index (χ0n) is 11.9. The summed E-state index contributed by atoms with van der Waals surface area (Å²) in [6.07, 6.45) is 9.69. The Morgan fingerprint density at radius 2 is 2.26 bits per heavy atom. The van der Waals surface area contributed by atoms with Gasteiger partial charge < -0.3 is 4.90 Å². The molecule has 1 aliphatic carbocycles. The second kappa shape index (κ2) is 6.24. The molecule has 0 unspecified atom stereocenters. The predicted octanol–water partition coefficient (Wildman–Crippen LogP) is 3.46. The number of nitrogens with zero attached hydrogens (tertiary/aromatic N) is 3. The first kappa shape index (κ1) is 14.1. The third-order valence-electron chi connectivity index (χ3n) is 3.09. The first-order valence-corrected chi connectivity index (χ1v) is 7.76. The Hall–Kier alpha value is -1.29. The second-order valence-corrected chi connectivity index (χ2v) is 5.96. The molecule has 1 saturated carbocycles. The molecule has 4 heteroatoms. The van der Waals surface area contributed by atoms with Crippen molar-refractivity contribution in [2.45, 2.75) is 24.4 Å². The van der Waals surface area contributed by atoms with Gasteiger partial charge >= 0.3 is 0 Å². The highest BCUT2D eigenvalue weighted by atomic mass is 32.2. The number of hydrogen-bond donors (Lipinski definition) is 0. The highest BCUT2D eigenvalue weighted by Gasteiger charge is 2.23. The summed E-state index contributed by atoms with van der Waals surface area (Å²) in [6, 6.07) is 1.97. The first-order valence-electron chi connectivity index (χ1n) is 6.54. The Morgan fingerprint density at radius 1 is 1.53 bits per heavy atom. The maximum atomic E-state index is 4.59. The molecule has 1 aliphatic rings. The van der Waals surface area contributed by atoms with Gasteiger partial charge in [-0.2, -0.15) is 0 Å². The van der Waals surface area contributed by atoms with E-state index < -0.39 is 0 Å². The summed E-state index contributed by atoms with van der Waals surface area (Å²) in [5, 5.41) is 0.807. The molecule has 1 aromatic rings. The average molecular weight is 275 g/mol. The Kier molecular flexibility index (Phi) is 4.64. The Morgan fingerprint density at radius 3 is 2.84 bits per heavy atom. The van der Waals surface area contributed by atoms with Crippen LogP contribution >= 0.6 is 11.8 Å². The molecule has 0 radical (unpaired) electrons. The molecule has 0 aliphatic heterocycles. The van der Waals surface area contributed by atoms with Crippen LogP contribution < -0.4 is 0 Å². The predicted molar refractivity (Wildman–Crippen MR) is 82.0 cm³/mol. The summed E-state index contributed by atoms with van der Waals surface area (Å²) in [5.41, 5.74) is 3.29. The minimum absolute atomic E-state index is 0.807. The number of rotatable bonds is 6. The molecule has 0 aromatic carbocycles. The van der Waals surface area contributed by atoms with Gasteiger partial charge in [0.25, 0.3) is 0 Å². The fourth-order valence-corrected chi connectivity index (χ4v) is 2.32. The van der Waals surface area contributed by atoms with Crippen molar-refractivity contribution in [3.05, 3.63) is 36.3 Å². The average Bonchev–Trinajstić information content (AvgIpc) is 3.19. The fourth-order valence-electron chi connectivity index (χ4n) is 1.97. The highest BCUT2D eigenvalue weighted by Crippen LogP contribution is 2.38. The van der Waals surface area contributed by atoms with Crippen molar-refractivity contribution >= 4 is 17.3 Å². The summed E-state index contributed by atoms with van der Waals surface area (Å²) in [5.74, 6) is 0.833. The van der Waals surface area contributed by atoms with Gasteiger partial charge in [-0.15, -0.1) is 0 Å². The van der Waals surface area contributed by atoms with Crippen LogP contribution in [-0.4, -0.2) is 35.2 Å². The fraction of sp³-hybridized carbons (Fsp3) is 0.467. The molecule has 1 fully saturated rings. The van der Waals surface area contributed by atoms with E-state index in [4.69, 9.17) is 0 Å². The summed E-state index contributed by atoms with van der Waals surface area (Å²) in [4.78, 5) is 10.9. The number of thioether (sulfide) groups is 1. The topological polar surface area (TPSA) is 29.0 Å². The maximum absolute atomic E-state index is 4.59. The van der Waals surface area contributed by atoms with Gasteiger partial charge in [-0.1, -0.05) is 18.3 Å². The van der Waals surface area contributed by atoms with Crippen LogP contribution in [0, 0.1) is 5.92 Å². The van der Waals surface area contributed by atoms with E-state index in [9.17, 15) is 0 Å². The van der Waals surface area contributed by atoms with Crippen molar-refractivity contribution in [2.75, 3.05) is 20.4 Å². The molecule has 1 heterocycles. The Labute approximate surface area is 119 Å². The Balaban J connectivity index is 2.27. The molecule has 102 valence electrons. The second-order valence-electron chi connectivity index (χ2n) is 5.19. The van der Waals surface area contributed by atoms with E-state index >= 15 is 0 Å². The minimum atomic E-state index is 0.807. The molecule has 0 atom stereocenters. The number of aromatic nitrogens is 2. The van der Waals surface area contributed by atoms with Gasteiger partial charge in [0.05, 0.1) is 5.69 Å². The highest BCUT2D eigenvalue weighted by molar-refractivity contribution is 7.98. The van der Waals surface area contributed by atoms with Crippen LogP contribution in [-0.2, 0) is 0 Å². The lowest BCUT2D eigenvalue weighted by molar-refractivity contribution is 0.565. The number of allylic oxidation sites excluding steroid dienone is 2. The lowest BCUT2D eigenvalue weighted by atomic mass is 10.00. The molecule has 0 saturated heterocycles. The van der Waals surface area contributed by atoms with Crippen LogP contribution in [0.4, 0.5) is 0 Å². The van der Waals surface area contributed by atoms with Gasteiger partial charge in [-0.3, -0.25) is 0 Å². The Bertz CT molecular complexity index is 490. The smallest absolute Gasteiger partial charge is 0.187 e. The van der Waals surface area contributed by atoms with E-state index in [0.29, 0.717) is 0 Å². The van der Waals surface area contributed by atoms with Gasteiger partial charge in [-0.25, -0.2) is 9.97 Å². The summed E-state index contributed by atoms with van der Waals surface area (Å²) in [6.45, 7) is 4.26. The zero-order valence-corrected chi connectivity index (χ0v) is 12.7. The standard InChI is InChI=1S/C15H21N3S/c1-11(9-12-5-6-12)13(10-18(2)3)14-7-8-16-15(17-14)19-4/h7-8,10,12H,1,5-6,9H2,2-4H3/b13-10-. The summed E-state index contributed by atoms with van der Waals surface area (Å²) < 4.78 is 0. The molecular weight excluding hydrogens is 254 g/mol. The first-order chi connectivity index (χ1) is 9.10. The molecule has 2 rings (SSSR count). The molecule has 3 nitrogen and oxygen atoms in total. The molecule has 0 bridgehead atoms. The molecule has 19 heavy (non-hydrogen) atoms. The largest absolute Gasteiger partial charge is 0.383 e. The van der Waals surface area contributed by atoms with Gasteiger partial charge in [0.1, 0.15) is 0 Å². The van der Waals surface area contributed by atoms with Crippen molar-refractivity contribution in [1.29, 1.82) is 0 Å². The van der Waals surface area contributed by atoms with Gasteiger partial charge in [0.15, 0.2) is 5.16 Å². The third-order valence-corrected chi connectivity index (χ3v) is 3.65. The van der Waals surface area contributed by atoms with E-state index in [0.717, 1.165) is 28.8 Å². The van der Waals surface area contributed by atoms with Crippen molar-refractivity contribution in [1.82, 2.24) is 14.9 Å². The van der Waals surface area contributed by atoms with Crippen LogP contribution in [0.1, 0.15) is 25.0 Å². The van der Waals surface area contributed by atoms with E-state index in [2.05, 4.69) is 22.7 Å². The van der Waals surface area contributed by atoms with Crippen molar-refractivity contribution in [2.24, 2.45) is 5.92 Å². The monoisotopic (exact) mass is 275 g/mol. The lowest BCUT2D eigenvalue weighted by Gasteiger charge is -2.14. The molecule has 0 N–H and O–H groups in total. The van der Waals surface area contributed by atoms with Crippen LogP contribution in [0.3, 0.4) is 0 Å². The minimum Gasteiger partial charge on any atom is -0.383 e. The molecular formula is C15H21N3S. The quantitative estimate of drug-likeness (QED) is 0.452. The summed E-state index contributed by atoms with van der Waals surface area (Å²) >= 11 is 1.56. The summed E-state index contributed by atoms with van der Waals surface area (Å²) in [7, 11) is 4.06. The SMILES string of the molecule is C=C(CC1CC1)/C(=C/N(C)C)c1ccnc(SC)n1. The van der Waals surface area contributed by atoms with Crippen molar-refractivity contribution in [3.8, 4) is 0 Å². The number of hydrogen-bond acceptors (Lipinski definition) is 4. The van der Waals surface area contributed by atoms with Crippen LogP contribution in [0.25, 0.3) is 5.57 Å². The van der Waals surface area contributed by atoms with Crippen LogP contribution in [0.5, 0.6) is 0 Å². The van der Waals surface area contributed by atoms with Gasteiger partial charge in [0, 0.05) is 32.1 Å². The van der Waals surface area contributed by atoms with E-state index in [1.807, 2.05) is 37.5 Å². The van der Waals surface area contributed by atoms with Crippen LogP contribution in [0.15, 0.2) is 35.8 Å². The van der Waals surface area contributed by atoms with Gasteiger partial charge in [-0.05, 0) is 43.1 Å². The van der Waals surface area contributed by atoms with Gasteiger partial charge in [0.2, 0.25) is 0 Å². The normalized spacial score (nSPS) is 15.4. The zero-order chi connectivity index (χ0) is 13.8. The van der Waals surface area contributed by atoms with E-state index in [-0.39, 0.29) is 0 Å². The molecule has 0 amide bonds. The third kappa shape index (κ3) is 4.10. The maximum Gasteiger partial charge on any atom is 0.187 e. The van der Waals surface area contributed by atoms with Crippen molar-refractivity contribution < 1.29 is 0 Å². The van der Waals surface area contributed by atoms with Crippen molar-refractivity contribution in [3.63, 3.8) is 0 Å². The van der Waals surface area contributed by atoms with E-state index in [1.54, 1.807) is 11.8 Å². The van der Waals surface area contributed by atoms with Crippen LogP contribution in [0.2, 0.25) is 0 Å². The van der Waals surface area contributed by atoms with E-state index in [1.165, 1.54) is 18.4 Å².